The summed E-state index contributed by atoms with van der Waals surface area (Å²) in [6.07, 6.45) is 6.66. The van der Waals surface area contributed by atoms with Crippen LogP contribution in [0.2, 0.25) is 0 Å². The zero-order valence-corrected chi connectivity index (χ0v) is 15.0. The van der Waals surface area contributed by atoms with Crippen molar-refractivity contribution in [1.82, 2.24) is 19.8 Å². The van der Waals surface area contributed by atoms with Crippen molar-refractivity contribution in [2.24, 2.45) is 0 Å². The standard InChI is InChI=1S/C18H20N4O3S/c23-18(15-4-2-6-20-10-15)22-8-7-21(11-14-3-1-5-19-9-14)16-12-26(24,25)13-17(16)22/h1-6,9-10,16-17H,7-8,11-13H2/t16-,17+/m1/s1. The van der Waals surface area contributed by atoms with Crippen molar-refractivity contribution in [2.45, 2.75) is 18.6 Å². The number of piperazine rings is 1. The Kier molecular flexibility index (Phi) is 4.46. The van der Waals surface area contributed by atoms with Gasteiger partial charge < -0.3 is 4.90 Å². The highest BCUT2D eigenvalue weighted by atomic mass is 32.2. The van der Waals surface area contributed by atoms with E-state index in [9.17, 15) is 13.2 Å². The van der Waals surface area contributed by atoms with Gasteiger partial charge in [0.25, 0.3) is 5.91 Å². The molecule has 2 fully saturated rings. The van der Waals surface area contributed by atoms with E-state index in [0.29, 0.717) is 25.2 Å². The van der Waals surface area contributed by atoms with E-state index < -0.39 is 9.84 Å². The number of amides is 1. The third kappa shape index (κ3) is 3.34. The Balaban J connectivity index is 1.59. The highest BCUT2D eigenvalue weighted by Gasteiger charge is 2.48. The van der Waals surface area contributed by atoms with Crippen molar-refractivity contribution in [3.05, 3.63) is 60.2 Å². The molecule has 2 aromatic rings. The molecule has 4 heterocycles. The molecule has 2 saturated heterocycles. The summed E-state index contributed by atoms with van der Waals surface area (Å²) in [7, 11) is -3.17. The van der Waals surface area contributed by atoms with Crippen LogP contribution >= 0.6 is 0 Å². The summed E-state index contributed by atoms with van der Waals surface area (Å²) in [6.45, 7) is 1.78. The fourth-order valence-electron chi connectivity index (χ4n) is 3.85. The highest BCUT2D eigenvalue weighted by molar-refractivity contribution is 7.91. The van der Waals surface area contributed by atoms with Crippen molar-refractivity contribution < 1.29 is 13.2 Å². The summed E-state index contributed by atoms with van der Waals surface area (Å²) >= 11 is 0. The van der Waals surface area contributed by atoms with Crippen LogP contribution in [-0.2, 0) is 16.4 Å². The summed E-state index contributed by atoms with van der Waals surface area (Å²) < 4.78 is 24.6. The summed E-state index contributed by atoms with van der Waals surface area (Å²) in [4.78, 5) is 24.9. The number of fused-ring (bicyclic) bond motifs is 1. The van der Waals surface area contributed by atoms with Gasteiger partial charge in [0.05, 0.1) is 23.1 Å². The minimum absolute atomic E-state index is 0.0210. The molecule has 2 aliphatic rings. The van der Waals surface area contributed by atoms with Crippen molar-refractivity contribution in [2.75, 3.05) is 24.6 Å². The SMILES string of the molecule is O=C(c1cccnc1)N1CCN(Cc2cccnc2)[C@@H]2CS(=O)(=O)C[C@@H]21. The largest absolute Gasteiger partial charge is 0.332 e. The van der Waals surface area contributed by atoms with Crippen LogP contribution in [0.4, 0.5) is 0 Å². The van der Waals surface area contributed by atoms with Crippen LogP contribution in [0.25, 0.3) is 0 Å². The van der Waals surface area contributed by atoms with Crippen LogP contribution in [-0.4, -0.2) is 70.8 Å². The zero-order chi connectivity index (χ0) is 18.1. The molecular formula is C18H20N4O3S. The third-order valence-corrected chi connectivity index (χ3v) is 6.77. The second-order valence-electron chi connectivity index (χ2n) is 6.78. The number of carbonyl (C=O) groups excluding carboxylic acids is 1. The normalized spacial score (nSPS) is 25.0. The van der Waals surface area contributed by atoms with Gasteiger partial charge >= 0.3 is 0 Å². The van der Waals surface area contributed by atoms with E-state index in [4.69, 9.17) is 0 Å². The lowest BCUT2D eigenvalue weighted by molar-refractivity contribution is 0.0305. The number of rotatable bonds is 3. The molecule has 4 rings (SSSR count). The predicted molar refractivity (Wildman–Crippen MR) is 96.2 cm³/mol. The lowest BCUT2D eigenvalue weighted by atomic mass is 10.0. The topological polar surface area (TPSA) is 83.5 Å². The Hall–Kier alpha value is -2.32. The van der Waals surface area contributed by atoms with Gasteiger partial charge in [0.1, 0.15) is 0 Å². The maximum Gasteiger partial charge on any atom is 0.255 e. The molecule has 0 spiro atoms. The molecule has 2 atom stereocenters. The fourth-order valence-corrected chi connectivity index (χ4v) is 5.87. The van der Waals surface area contributed by atoms with Gasteiger partial charge in [-0.1, -0.05) is 6.07 Å². The Labute approximate surface area is 152 Å². The van der Waals surface area contributed by atoms with E-state index in [1.807, 2.05) is 12.1 Å². The lowest BCUT2D eigenvalue weighted by Gasteiger charge is -2.43. The molecule has 0 saturated carbocycles. The van der Waals surface area contributed by atoms with Crippen LogP contribution in [0.3, 0.4) is 0 Å². The van der Waals surface area contributed by atoms with E-state index in [0.717, 1.165) is 5.56 Å². The highest BCUT2D eigenvalue weighted by Crippen LogP contribution is 2.29. The van der Waals surface area contributed by atoms with Gasteiger partial charge in [-0.3, -0.25) is 19.7 Å². The molecule has 0 N–H and O–H groups in total. The summed E-state index contributed by atoms with van der Waals surface area (Å²) in [5, 5.41) is 0. The number of nitrogens with zero attached hydrogens (tertiary/aromatic N) is 4. The first-order valence-electron chi connectivity index (χ1n) is 8.58. The lowest BCUT2D eigenvalue weighted by Crippen LogP contribution is -2.60. The summed E-state index contributed by atoms with van der Waals surface area (Å²) in [5.74, 6) is -0.0340. The molecule has 2 aromatic heterocycles. The minimum Gasteiger partial charge on any atom is -0.332 e. The number of hydrogen-bond donors (Lipinski definition) is 0. The second kappa shape index (κ2) is 6.77. The maximum absolute atomic E-state index is 12.9. The number of aromatic nitrogens is 2. The Morgan fingerprint density at radius 1 is 1.04 bits per heavy atom. The molecule has 1 amide bonds. The molecule has 0 radical (unpaired) electrons. The molecular weight excluding hydrogens is 352 g/mol. The van der Waals surface area contributed by atoms with Gasteiger partial charge in [-0.15, -0.1) is 0 Å². The van der Waals surface area contributed by atoms with Crippen LogP contribution < -0.4 is 0 Å². The van der Waals surface area contributed by atoms with Crippen molar-refractivity contribution in [1.29, 1.82) is 0 Å². The van der Waals surface area contributed by atoms with Crippen LogP contribution in [0.1, 0.15) is 15.9 Å². The van der Waals surface area contributed by atoms with Crippen LogP contribution in [0.15, 0.2) is 49.1 Å². The number of sulfone groups is 1. The quantitative estimate of drug-likeness (QED) is 0.785. The summed E-state index contributed by atoms with van der Waals surface area (Å²) in [5.41, 5.74) is 1.54. The Morgan fingerprint density at radius 3 is 2.46 bits per heavy atom. The molecule has 0 bridgehead atoms. The molecule has 2 aliphatic heterocycles. The molecule has 0 aromatic carbocycles. The number of carbonyl (C=O) groups is 1. The van der Waals surface area contributed by atoms with E-state index in [1.165, 1.54) is 6.20 Å². The van der Waals surface area contributed by atoms with Crippen molar-refractivity contribution >= 4 is 15.7 Å². The van der Waals surface area contributed by atoms with Gasteiger partial charge in [-0.05, 0) is 23.8 Å². The molecule has 136 valence electrons. The van der Waals surface area contributed by atoms with Gasteiger partial charge in [-0.2, -0.15) is 0 Å². The maximum atomic E-state index is 12.9. The molecule has 0 unspecified atom stereocenters. The average molecular weight is 372 g/mol. The van der Waals surface area contributed by atoms with E-state index in [2.05, 4.69) is 14.9 Å². The van der Waals surface area contributed by atoms with Gasteiger partial charge in [-0.25, -0.2) is 8.42 Å². The molecule has 0 aliphatic carbocycles. The average Bonchev–Trinajstić information content (AvgIpc) is 2.98. The van der Waals surface area contributed by atoms with E-state index >= 15 is 0 Å². The fraction of sp³-hybridized carbons (Fsp3) is 0.389. The van der Waals surface area contributed by atoms with Gasteiger partial charge in [0.2, 0.25) is 0 Å². The first-order valence-corrected chi connectivity index (χ1v) is 10.4. The van der Waals surface area contributed by atoms with E-state index in [1.54, 1.807) is 35.6 Å². The number of pyridine rings is 2. The Morgan fingerprint density at radius 2 is 1.77 bits per heavy atom. The van der Waals surface area contributed by atoms with E-state index in [-0.39, 0.29) is 29.5 Å². The molecule has 7 nitrogen and oxygen atoms in total. The van der Waals surface area contributed by atoms with Crippen molar-refractivity contribution in [3.63, 3.8) is 0 Å². The molecule has 26 heavy (non-hydrogen) atoms. The zero-order valence-electron chi connectivity index (χ0n) is 14.2. The van der Waals surface area contributed by atoms with Gasteiger partial charge in [0.15, 0.2) is 9.84 Å². The Bertz CT molecular complexity index is 889. The first-order chi connectivity index (χ1) is 12.5. The second-order valence-corrected chi connectivity index (χ2v) is 8.94. The van der Waals surface area contributed by atoms with Crippen LogP contribution in [0, 0.1) is 0 Å². The third-order valence-electron chi connectivity index (χ3n) is 5.07. The van der Waals surface area contributed by atoms with Crippen molar-refractivity contribution in [3.8, 4) is 0 Å². The smallest absolute Gasteiger partial charge is 0.255 e. The minimum atomic E-state index is -3.17. The number of hydrogen-bond acceptors (Lipinski definition) is 6. The van der Waals surface area contributed by atoms with Gasteiger partial charge in [0, 0.05) is 50.5 Å². The molecule has 8 heteroatoms. The van der Waals surface area contributed by atoms with Crippen LogP contribution in [0.5, 0.6) is 0 Å². The first kappa shape index (κ1) is 17.1. The monoisotopic (exact) mass is 372 g/mol. The predicted octanol–water partition coefficient (Wildman–Crippen LogP) is 0.600. The summed E-state index contributed by atoms with van der Waals surface area (Å²) in [6, 6.07) is 6.79.